The summed E-state index contributed by atoms with van der Waals surface area (Å²) in [4.78, 5) is 21.0. The van der Waals surface area contributed by atoms with Crippen LogP contribution in [0.25, 0.3) is 16.7 Å². The van der Waals surface area contributed by atoms with E-state index in [0.29, 0.717) is 5.16 Å². The van der Waals surface area contributed by atoms with Gasteiger partial charge in [-0.2, -0.15) is 4.68 Å². The number of nitrogens with zero attached hydrogens (tertiary/aromatic N) is 5. The first kappa shape index (κ1) is 21.0. The molecule has 9 heteroatoms. The number of thioether (sulfide) groups is 1. The molecule has 0 aliphatic heterocycles. The van der Waals surface area contributed by atoms with Crippen LogP contribution in [0.3, 0.4) is 0 Å². The summed E-state index contributed by atoms with van der Waals surface area (Å²) < 4.78 is 1.65. The number of amides is 1. The highest BCUT2D eigenvalue weighted by molar-refractivity contribution is 8.00. The number of rotatable bonds is 7. The molecule has 31 heavy (non-hydrogen) atoms. The van der Waals surface area contributed by atoms with E-state index in [1.54, 1.807) is 4.68 Å². The normalized spacial score (nSPS) is 13.5. The molecule has 2 unspecified atom stereocenters. The van der Waals surface area contributed by atoms with Gasteiger partial charge in [0.15, 0.2) is 0 Å². The van der Waals surface area contributed by atoms with Crippen molar-refractivity contribution in [1.82, 2.24) is 35.5 Å². The van der Waals surface area contributed by atoms with E-state index < -0.39 is 0 Å². The van der Waals surface area contributed by atoms with Crippen molar-refractivity contribution in [3.8, 4) is 5.69 Å². The minimum Gasteiger partial charge on any atom is -0.345 e. The summed E-state index contributed by atoms with van der Waals surface area (Å²) in [6.07, 6.45) is 0. The van der Waals surface area contributed by atoms with Gasteiger partial charge in [-0.25, -0.2) is 4.98 Å². The van der Waals surface area contributed by atoms with E-state index in [0.717, 1.165) is 28.1 Å². The minimum atomic E-state index is -0.388. The van der Waals surface area contributed by atoms with Gasteiger partial charge in [0.1, 0.15) is 5.82 Å². The molecule has 0 fully saturated rings. The number of hydrogen-bond donors (Lipinski definition) is 2. The number of carbonyl (C=O) groups is 1. The number of hydrogen-bond acceptors (Lipinski definition) is 6. The van der Waals surface area contributed by atoms with Crippen LogP contribution in [0.15, 0.2) is 53.7 Å². The highest BCUT2D eigenvalue weighted by atomic mass is 32.2. The molecule has 2 atom stereocenters. The molecule has 160 valence electrons. The fourth-order valence-electron chi connectivity index (χ4n) is 3.25. The zero-order valence-electron chi connectivity index (χ0n) is 17.9. The van der Waals surface area contributed by atoms with Crippen molar-refractivity contribution in [2.24, 2.45) is 5.92 Å². The summed E-state index contributed by atoms with van der Waals surface area (Å²) in [5.74, 6) is 0.827. The number of para-hydroxylation sites is 2. The van der Waals surface area contributed by atoms with Crippen LogP contribution >= 0.6 is 11.8 Å². The standard InChI is InChI=1S/C22H25N7OS/c1-13(2)19(20-23-17-7-5-6-8-18(17)24-20)25-21(30)15(4)31-22-26-27-28-29(22)16-11-9-14(3)10-12-16/h5-13,15,19H,1-4H3,(H,23,24)(H,25,30). The average Bonchev–Trinajstić information content (AvgIpc) is 3.38. The SMILES string of the molecule is Cc1ccc(-n2nnnc2SC(C)C(=O)NC(c2nc3ccccc3[nH]2)C(C)C)cc1. The Morgan fingerprint density at radius 3 is 2.55 bits per heavy atom. The predicted octanol–water partition coefficient (Wildman–Crippen LogP) is 3.84. The van der Waals surface area contributed by atoms with Gasteiger partial charge >= 0.3 is 0 Å². The second kappa shape index (κ2) is 8.89. The lowest BCUT2D eigenvalue weighted by molar-refractivity contribution is -0.121. The number of imidazole rings is 1. The topological polar surface area (TPSA) is 101 Å². The van der Waals surface area contributed by atoms with E-state index in [4.69, 9.17) is 0 Å². The van der Waals surface area contributed by atoms with Crippen LogP contribution in [0, 0.1) is 12.8 Å². The van der Waals surface area contributed by atoms with Gasteiger partial charge in [0, 0.05) is 0 Å². The average molecular weight is 436 g/mol. The summed E-state index contributed by atoms with van der Waals surface area (Å²) in [6, 6.07) is 15.5. The summed E-state index contributed by atoms with van der Waals surface area (Å²) in [5, 5.41) is 15.3. The molecule has 2 aromatic carbocycles. The number of benzene rings is 2. The maximum Gasteiger partial charge on any atom is 0.233 e. The molecule has 0 radical (unpaired) electrons. The summed E-state index contributed by atoms with van der Waals surface area (Å²) in [5.41, 5.74) is 3.85. The van der Waals surface area contributed by atoms with Gasteiger partial charge in [-0.3, -0.25) is 4.79 Å². The van der Waals surface area contributed by atoms with Crippen LogP contribution in [-0.2, 0) is 4.79 Å². The van der Waals surface area contributed by atoms with Crippen molar-refractivity contribution in [2.45, 2.75) is 44.1 Å². The molecule has 0 spiro atoms. The van der Waals surface area contributed by atoms with Gasteiger partial charge < -0.3 is 10.3 Å². The number of carbonyl (C=O) groups excluding carboxylic acids is 1. The van der Waals surface area contributed by atoms with E-state index in [1.165, 1.54) is 11.8 Å². The molecule has 8 nitrogen and oxygen atoms in total. The van der Waals surface area contributed by atoms with Crippen LogP contribution in [0.2, 0.25) is 0 Å². The third-order valence-electron chi connectivity index (χ3n) is 5.04. The van der Waals surface area contributed by atoms with Crippen LogP contribution in [0.4, 0.5) is 0 Å². The van der Waals surface area contributed by atoms with Crippen molar-refractivity contribution >= 4 is 28.7 Å². The van der Waals surface area contributed by atoms with E-state index in [1.807, 2.05) is 62.4 Å². The molecular weight excluding hydrogens is 410 g/mol. The summed E-state index contributed by atoms with van der Waals surface area (Å²) in [6.45, 7) is 8.00. The Hall–Kier alpha value is -3.20. The number of fused-ring (bicyclic) bond motifs is 1. The number of nitrogens with one attached hydrogen (secondary N) is 2. The van der Waals surface area contributed by atoms with E-state index in [9.17, 15) is 4.79 Å². The Morgan fingerprint density at radius 1 is 1.10 bits per heavy atom. The maximum atomic E-state index is 13.0. The van der Waals surface area contributed by atoms with Crippen LogP contribution < -0.4 is 5.32 Å². The molecule has 2 N–H and O–H groups in total. The second-order valence-electron chi connectivity index (χ2n) is 7.84. The van der Waals surface area contributed by atoms with E-state index in [-0.39, 0.29) is 23.1 Å². The smallest absolute Gasteiger partial charge is 0.233 e. The number of tetrazole rings is 1. The molecule has 1 amide bonds. The molecule has 2 heterocycles. The number of H-pyrrole nitrogens is 1. The second-order valence-corrected chi connectivity index (χ2v) is 9.15. The van der Waals surface area contributed by atoms with Gasteiger partial charge in [0.05, 0.1) is 28.0 Å². The zero-order chi connectivity index (χ0) is 22.0. The molecule has 2 aromatic heterocycles. The van der Waals surface area contributed by atoms with Crippen LogP contribution in [-0.4, -0.2) is 41.3 Å². The Bertz CT molecular complexity index is 1150. The number of aromatic nitrogens is 6. The molecule has 0 saturated carbocycles. The molecule has 0 saturated heterocycles. The third-order valence-corrected chi connectivity index (χ3v) is 6.07. The van der Waals surface area contributed by atoms with Crippen molar-refractivity contribution in [2.75, 3.05) is 0 Å². The van der Waals surface area contributed by atoms with Crippen molar-refractivity contribution in [1.29, 1.82) is 0 Å². The highest BCUT2D eigenvalue weighted by Crippen LogP contribution is 2.26. The Balaban J connectivity index is 1.49. The molecular formula is C22H25N7OS. The summed E-state index contributed by atoms with van der Waals surface area (Å²) in [7, 11) is 0. The van der Waals surface area contributed by atoms with Gasteiger partial charge in [-0.15, -0.1) is 5.10 Å². The first-order valence-electron chi connectivity index (χ1n) is 10.2. The minimum absolute atomic E-state index is 0.0948. The summed E-state index contributed by atoms with van der Waals surface area (Å²) >= 11 is 1.32. The first-order valence-corrected chi connectivity index (χ1v) is 11.1. The fraction of sp³-hybridized carbons (Fsp3) is 0.318. The Labute approximate surface area is 184 Å². The predicted molar refractivity (Wildman–Crippen MR) is 121 cm³/mol. The molecule has 0 aliphatic rings. The number of aryl methyl sites for hydroxylation is 1. The van der Waals surface area contributed by atoms with Crippen molar-refractivity contribution < 1.29 is 4.79 Å². The van der Waals surface area contributed by atoms with Crippen LogP contribution in [0.5, 0.6) is 0 Å². The van der Waals surface area contributed by atoms with Gasteiger partial charge in [-0.1, -0.05) is 55.4 Å². The molecule has 0 bridgehead atoms. The van der Waals surface area contributed by atoms with E-state index in [2.05, 4.69) is 44.7 Å². The lowest BCUT2D eigenvalue weighted by atomic mass is 10.0. The van der Waals surface area contributed by atoms with Crippen molar-refractivity contribution in [3.63, 3.8) is 0 Å². The third kappa shape index (κ3) is 4.61. The number of aromatic amines is 1. The lowest BCUT2D eigenvalue weighted by Crippen LogP contribution is -2.37. The fourth-order valence-corrected chi connectivity index (χ4v) is 4.07. The quantitative estimate of drug-likeness (QED) is 0.428. The van der Waals surface area contributed by atoms with Gasteiger partial charge in [0.25, 0.3) is 0 Å². The first-order chi connectivity index (χ1) is 14.9. The molecule has 0 aliphatic carbocycles. The molecule has 4 aromatic rings. The van der Waals surface area contributed by atoms with E-state index >= 15 is 0 Å². The monoisotopic (exact) mass is 435 g/mol. The Morgan fingerprint density at radius 2 is 1.84 bits per heavy atom. The van der Waals surface area contributed by atoms with Gasteiger partial charge in [0.2, 0.25) is 11.1 Å². The van der Waals surface area contributed by atoms with Gasteiger partial charge in [-0.05, 0) is 54.5 Å². The van der Waals surface area contributed by atoms with Crippen LogP contribution in [0.1, 0.15) is 38.2 Å². The Kier molecular flexibility index (Phi) is 6.03. The zero-order valence-corrected chi connectivity index (χ0v) is 18.7. The largest absolute Gasteiger partial charge is 0.345 e. The maximum absolute atomic E-state index is 13.0. The van der Waals surface area contributed by atoms with Crippen molar-refractivity contribution in [3.05, 3.63) is 59.9 Å². The highest BCUT2D eigenvalue weighted by Gasteiger charge is 2.26. The molecule has 4 rings (SSSR count). The lowest BCUT2D eigenvalue weighted by Gasteiger charge is -2.22.